The van der Waals surface area contributed by atoms with E-state index in [1.54, 1.807) is 0 Å². The fourth-order valence-electron chi connectivity index (χ4n) is 3.51. The molecule has 2 N–H and O–H groups in total. The Morgan fingerprint density at radius 2 is 1.19 bits per heavy atom. The Morgan fingerprint density at radius 3 is 1.75 bits per heavy atom. The summed E-state index contributed by atoms with van der Waals surface area (Å²) in [6.45, 7) is 1.83. The summed E-state index contributed by atoms with van der Waals surface area (Å²) in [4.78, 5) is 2.19. The fourth-order valence-corrected chi connectivity index (χ4v) is 3.51. The molecule has 4 aromatic rings. The molecule has 0 aliphatic carbocycles. The van der Waals surface area contributed by atoms with Crippen LogP contribution in [0, 0.1) is 6.92 Å². The van der Waals surface area contributed by atoms with Crippen LogP contribution in [0.4, 0.5) is 17.1 Å². The molecule has 0 radical (unpaired) electrons. The van der Waals surface area contributed by atoms with Gasteiger partial charge in [-0.25, -0.2) is 0 Å². The zero-order chi connectivity index (χ0) is 22.3. The van der Waals surface area contributed by atoms with Gasteiger partial charge in [-0.1, -0.05) is 60.2 Å². The number of hydrogen-bond donors (Lipinski definition) is 2. The monoisotopic (exact) mass is 425 g/mol. The maximum absolute atomic E-state index is 9.49. The third-order valence-corrected chi connectivity index (χ3v) is 5.27. The van der Waals surface area contributed by atoms with Crippen LogP contribution in [-0.4, -0.2) is 29.5 Å². The maximum Gasteiger partial charge on any atom is 0.119 e. The van der Waals surface area contributed by atoms with E-state index in [1.165, 1.54) is 16.7 Å². The maximum atomic E-state index is 9.49. The van der Waals surface area contributed by atoms with Crippen LogP contribution in [0.1, 0.15) is 5.56 Å². The van der Waals surface area contributed by atoms with Crippen molar-refractivity contribution < 1.29 is 14.9 Å². The molecule has 0 bridgehead atoms. The minimum Gasteiger partial charge on any atom is -0.491 e. The summed E-state index contributed by atoms with van der Waals surface area (Å²) < 4.78 is 5.55. The number of aryl methyl sites for hydroxylation is 1. The molecule has 0 amide bonds. The summed E-state index contributed by atoms with van der Waals surface area (Å²) in [6, 6.07) is 35.0. The first-order valence-corrected chi connectivity index (χ1v) is 10.7. The molecule has 0 saturated carbocycles. The average molecular weight is 426 g/mol. The van der Waals surface area contributed by atoms with Crippen molar-refractivity contribution in [2.75, 3.05) is 18.1 Å². The first kappa shape index (κ1) is 21.6. The van der Waals surface area contributed by atoms with Crippen molar-refractivity contribution in [3.8, 4) is 16.9 Å². The Kier molecular flexibility index (Phi) is 6.85. The Balaban J connectivity index is 1.62. The number of nitrogens with zero attached hydrogens (tertiary/aromatic N) is 1. The molecule has 0 aliphatic heterocycles. The smallest absolute Gasteiger partial charge is 0.119 e. The highest BCUT2D eigenvalue weighted by molar-refractivity contribution is 5.78. The number of para-hydroxylation sites is 1. The van der Waals surface area contributed by atoms with E-state index < -0.39 is 6.10 Å². The molecule has 1 unspecified atom stereocenters. The van der Waals surface area contributed by atoms with Crippen molar-refractivity contribution >= 4 is 17.1 Å². The molecule has 4 nitrogen and oxygen atoms in total. The predicted molar refractivity (Wildman–Crippen MR) is 130 cm³/mol. The van der Waals surface area contributed by atoms with Gasteiger partial charge in [-0.3, -0.25) is 0 Å². The van der Waals surface area contributed by atoms with Crippen LogP contribution in [0.3, 0.4) is 0 Å². The van der Waals surface area contributed by atoms with Crippen LogP contribution in [0.25, 0.3) is 11.1 Å². The van der Waals surface area contributed by atoms with Gasteiger partial charge in [0.2, 0.25) is 0 Å². The first-order valence-electron chi connectivity index (χ1n) is 10.7. The largest absolute Gasteiger partial charge is 0.491 e. The van der Waals surface area contributed by atoms with Gasteiger partial charge in [-0.05, 0) is 66.6 Å². The van der Waals surface area contributed by atoms with E-state index in [2.05, 4.69) is 72.5 Å². The van der Waals surface area contributed by atoms with Crippen molar-refractivity contribution in [2.45, 2.75) is 13.0 Å². The summed E-state index contributed by atoms with van der Waals surface area (Å²) in [5.74, 6) is 0.643. The van der Waals surface area contributed by atoms with Crippen molar-refractivity contribution in [2.24, 2.45) is 0 Å². The molecule has 0 heterocycles. The van der Waals surface area contributed by atoms with Gasteiger partial charge in [0.1, 0.15) is 18.5 Å². The van der Waals surface area contributed by atoms with E-state index in [0.717, 1.165) is 17.1 Å². The van der Waals surface area contributed by atoms with Crippen LogP contribution in [0.2, 0.25) is 0 Å². The highest BCUT2D eigenvalue weighted by Gasteiger charge is 2.13. The zero-order valence-corrected chi connectivity index (χ0v) is 18.1. The van der Waals surface area contributed by atoms with E-state index in [0.29, 0.717) is 5.75 Å². The first-order chi connectivity index (χ1) is 15.6. The molecule has 0 saturated heterocycles. The normalized spacial score (nSPS) is 11.7. The zero-order valence-electron chi connectivity index (χ0n) is 18.1. The molecule has 4 aromatic carbocycles. The van der Waals surface area contributed by atoms with Gasteiger partial charge < -0.3 is 19.8 Å². The second kappa shape index (κ2) is 10.1. The topological polar surface area (TPSA) is 52.9 Å². The molecule has 162 valence electrons. The Bertz CT molecular complexity index is 1110. The van der Waals surface area contributed by atoms with Gasteiger partial charge in [0.05, 0.1) is 6.61 Å². The number of anilines is 3. The second-order valence-corrected chi connectivity index (χ2v) is 7.73. The van der Waals surface area contributed by atoms with E-state index in [1.807, 2.05) is 42.5 Å². The second-order valence-electron chi connectivity index (χ2n) is 7.73. The molecule has 0 fully saturated rings. The van der Waals surface area contributed by atoms with Crippen LogP contribution >= 0.6 is 0 Å². The Hall–Kier alpha value is -3.60. The van der Waals surface area contributed by atoms with Crippen molar-refractivity contribution in [1.29, 1.82) is 0 Å². The summed E-state index contributed by atoms with van der Waals surface area (Å²) in [7, 11) is 0. The van der Waals surface area contributed by atoms with Gasteiger partial charge in [0.25, 0.3) is 0 Å². The molecule has 4 rings (SSSR count). The van der Waals surface area contributed by atoms with Crippen molar-refractivity contribution in [3.63, 3.8) is 0 Å². The lowest BCUT2D eigenvalue weighted by molar-refractivity contribution is 0.0536. The van der Waals surface area contributed by atoms with E-state index in [4.69, 9.17) is 9.84 Å². The van der Waals surface area contributed by atoms with Crippen molar-refractivity contribution in [1.82, 2.24) is 0 Å². The van der Waals surface area contributed by atoms with Crippen LogP contribution in [0.5, 0.6) is 5.75 Å². The molecule has 0 spiro atoms. The van der Waals surface area contributed by atoms with Gasteiger partial charge in [0, 0.05) is 17.1 Å². The average Bonchev–Trinajstić information content (AvgIpc) is 2.85. The lowest BCUT2D eigenvalue weighted by atomic mass is 10.0. The van der Waals surface area contributed by atoms with Gasteiger partial charge in [-0.2, -0.15) is 0 Å². The Labute approximate surface area is 189 Å². The molecular formula is C28H27NO3. The number of ether oxygens (including phenoxy) is 1. The SMILES string of the molecule is Cc1ccc(-c2ccc(N(c3ccccc3)c3ccc(OCC(O)CO)cc3)cc2)cc1. The number of rotatable bonds is 8. The summed E-state index contributed by atoms with van der Waals surface area (Å²) in [5, 5.41) is 18.4. The van der Waals surface area contributed by atoms with Crippen LogP contribution in [0.15, 0.2) is 103 Å². The molecule has 0 aliphatic rings. The quantitative estimate of drug-likeness (QED) is 0.371. The number of hydrogen-bond acceptors (Lipinski definition) is 4. The number of benzene rings is 4. The molecule has 4 heteroatoms. The predicted octanol–water partition coefficient (Wildman–Crippen LogP) is 5.86. The Morgan fingerprint density at radius 1 is 0.688 bits per heavy atom. The number of aliphatic hydroxyl groups is 2. The van der Waals surface area contributed by atoms with Crippen LogP contribution in [-0.2, 0) is 0 Å². The molecular weight excluding hydrogens is 398 g/mol. The lowest BCUT2D eigenvalue weighted by Gasteiger charge is -2.26. The van der Waals surface area contributed by atoms with Crippen LogP contribution < -0.4 is 9.64 Å². The van der Waals surface area contributed by atoms with E-state index in [9.17, 15) is 5.11 Å². The highest BCUT2D eigenvalue weighted by atomic mass is 16.5. The summed E-state index contributed by atoms with van der Waals surface area (Å²) in [6.07, 6.45) is -0.887. The third-order valence-electron chi connectivity index (χ3n) is 5.27. The van der Waals surface area contributed by atoms with E-state index in [-0.39, 0.29) is 13.2 Å². The molecule has 1 atom stereocenters. The molecule has 32 heavy (non-hydrogen) atoms. The highest BCUT2D eigenvalue weighted by Crippen LogP contribution is 2.36. The lowest BCUT2D eigenvalue weighted by Crippen LogP contribution is -2.21. The van der Waals surface area contributed by atoms with Gasteiger partial charge in [-0.15, -0.1) is 0 Å². The fraction of sp³-hybridized carbons (Fsp3) is 0.143. The van der Waals surface area contributed by atoms with Gasteiger partial charge in [0.15, 0.2) is 0 Å². The minimum atomic E-state index is -0.887. The van der Waals surface area contributed by atoms with E-state index >= 15 is 0 Å². The standard InChI is InChI=1S/C28H27NO3/c1-21-7-9-22(10-8-21)23-11-13-25(14-12-23)29(24-5-3-2-4-6-24)26-15-17-28(18-16-26)32-20-27(31)19-30/h2-18,27,30-31H,19-20H2,1H3. The molecule has 0 aromatic heterocycles. The minimum absolute atomic E-state index is 0.0543. The van der Waals surface area contributed by atoms with Gasteiger partial charge >= 0.3 is 0 Å². The summed E-state index contributed by atoms with van der Waals surface area (Å²) >= 11 is 0. The third kappa shape index (κ3) is 5.17. The number of aliphatic hydroxyl groups excluding tert-OH is 2. The summed E-state index contributed by atoms with van der Waals surface area (Å²) in [5.41, 5.74) is 6.72. The van der Waals surface area contributed by atoms with Crippen molar-refractivity contribution in [3.05, 3.63) is 109 Å².